The first-order chi connectivity index (χ1) is 6.10. The molecule has 13 heavy (non-hydrogen) atoms. The molecule has 1 N–H and O–H groups in total. The van der Waals surface area contributed by atoms with E-state index in [9.17, 15) is 0 Å². The highest BCUT2D eigenvalue weighted by Crippen LogP contribution is 2.45. The van der Waals surface area contributed by atoms with Gasteiger partial charge in [-0.25, -0.2) is 0 Å². The Hall–Kier alpha value is -0.900. The second-order valence-electron chi connectivity index (χ2n) is 4.13. The number of aliphatic hydroxyl groups is 1. The van der Waals surface area contributed by atoms with Crippen molar-refractivity contribution in [2.24, 2.45) is 0 Å². The molecule has 0 amide bonds. The standard InChI is InChI=1S/C9H14N2O2/c1-6(12)5-7-10-8(11-13-7)9(2)3-4-9/h6,12H,3-5H2,1-2H3. The molecule has 1 unspecified atom stereocenters. The van der Waals surface area contributed by atoms with Gasteiger partial charge in [0.1, 0.15) is 0 Å². The van der Waals surface area contributed by atoms with Crippen molar-refractivity contribution >= 4 is 0 Å². The normalized spacial score (nSPS) is 21.5. The third-order valence-electron chi connectivity index (χ3n) is 2.48. The first kappa shape index (κ1) is 8.69. The highest BCUT2D eigenvalue weighted by atomic mass is 16.5. The molecule has 2 rings (SSSR count). The Labute approximate surface area is 77.0 Å². The van der Waals surface area contributed by atoms with Crippen molar-refractivity contribution in [3.63, 3.8) is 0 Å². The lowest BCUT2D eigenvalue weighted by Crippen LogP contribution is -2.06. The molecule has 1 aromatic rings. The van der Waals surface area contributed by atoms with Gasteiger partial charge < -0.3 is 9.63 Å². The molecule has 1 atom stereocenters. The topological polar surface area (TPSA) is 59.2 Å². The number of aliphatic hydroxyl groups excluding tert-OH is 1. The van der Waals surface area contributed by atoms with Gasteiger partial charge in [-0.1, -0.05) is 12.1 Å². The van der Waals surface area contributed by atoms with Crippen LogP contribution in [0.2, 0.25) is 0 Å². The van der Waals surface area contributed by atoms with Gasteiger partial charge in [-0.05, 0) is 19.8 Å². The van der Waals surface area contributed by atoms with Crippen LogP contribution < -0.4 is 0 Å². The maximum absolute atomic E-state index is 9.11. The minimum Gasteiger partial charge on any atom is -0.393 e. The fraction of sp³-hybridized carbons (Fsp3) is 0.778. The highest BCUT2D eigenvalue weighted by molar-refractivity contribution is 5.14. The van der Waals surface area contributed by atoms with Gasteiger partial charge in [0, 0.05) is 5.41 Å². The number of rotatable bonds is 3. The Morgan fingerprint density at radius 3 is 2.85 bits per heavy atom. The lowest BCUT2D eigenvalue weighted by molar-refractivity contribution is 0.181. The summed E-state index contributed by atoms with van der Waals surface area (Å²) in [6.07, 6.45) is 2.31. The van der Waals surface area contributed by atoms with Crippen molar-refractivity contribution in [1.29, 1.82) is 0 Å². The minimum absolute atomic E-state index is 0.153. The fourth-order valence-electron chi connectivity index (χ4n) is 1.25. The average Bonchev–Trinajstić information content (AvgIpc) is 2.62. The molecule has 1 aliphatic carbocycles. The highest BCUT2D eigenvalue weighted by Gasteiger charge is 2.43. The first-order valence-corrected chi connectivity index (χ1v) is 4.61. The molecule has 0 aliphatic heterocycles. The molecule has 0 aromatic carbocycles. The van der Waals surface area contributed by atoms with E-state index in [0.29, 0.717) is 12.3 Å². The molecule has 1 saturated carbocycles. The maximum Gasteiger partial charge on any atom is 0.229 e. The Bertz CT molecular complexity index is 302. The zero-order valence-electron chi connectivity index (χ0n) is 7.95. The number of nitrogens with zero attached hydrogens (tertiary/aromatic N) is 2. The van der Waals surface area contributed by atoms with Crippen LogP contribution in [0.25, 0.3) is 0 Å². The second-order valence-corrected chi connectivity index (χ2v) is 4.13. The van der Waals surface area contributed by atoms with Gasteiger partial charge in [0.2, 0.25) is 5.89 Å². The lowest BCUT2D eigenvalue weighted by Gasteiger charge is -1.98. The van der Waals surface area contributed by atoms with E-state index in [1.165, 1.54) is 0 Å². The van der Waals surface area contributed by atoms with Crippen LogP contribution in [0.1, 0.15) is 38.4 Å². The molecule has 0 saturated heterocycles. The van der Waals surface area contributed by atoms with Crippen LogP contribution in [0.15, 0.2) is 4.52 Å². The molecule has 0 spiro atoms. The van der Waals surface area contributed by atoms with Crippen LogP contribution in [-0.4, -0.2) is 21.4 Å². The van der Waals surface area contributed by atoms with Crippen molar-refractivity contribution in [1.82, 2.24) is 10.1 Å². The predicted molar refractivity (Wildman–Crippen MR) is 46.3 cm³/mol. The number of hydrogen-bond acceptors (Lipinski definition) is 4. The van der Waals surface area contributed by atoms with Gasteiger partial charge in [0.05, 0.1) is 12.5 Å². The average molecular weight is 182 g/mol. The van der Waals surface area contributed by atoms with Gasteiger partial charge >= 0.3 is 0 Å². The first-order valence-electron chi connectivity index (χ1n) is 4.61. The van der Waals surface area contributed by atoms with Crippen LogP contribution in [0.3, 0.4) is 0 Å². The summed E-state index contributed by atoms with van der Waals surface area (Å²) in [6.45, 7) is 3.84. The summed E-state index contributed by atoms with van der Waals surface area (Å²) < 4.78 is 5.02. The molecular weight excluding hydrogens is 168 g/mol. The summed E-state index contributed by atoms with van der Waals surface area (Å²) in [7, 11) is 0. The molecule has 1 aromatic heterocycles. The van der Waals surface area contributed by atoms with Crippen molar-refractivity contribution in [3.05, 3.63) is 11.7 Å². The third-order valence-corrected chi connectivity index (χ3v) is 2.48. The fourth-order valence-corrected chi connectivity index (χ4v) is 1.25. The van der Waals surface area contributed by atoms with E-state index in [-0.39, 0.29) is 5.41 Å². The number of aromatic nitrogens is 2. The zero-order valence-corrected chi connectivity index (χ0v) is 7.95. The van der Waals surface area contributed by atoms with E-state index in [1.807, 2.05) is 0 Å². The van der Waals surface area contributed by atoms with E-state index in [0.717, 1.165) is 18.7 Å². The quantitative estimate of drug-likeness (QED) is 0.758. The van der Waals surface area contributed by atoms with Crippen LogP contribution in [-0.2, 0) is 11.8 Å². The Balaban J connectivity index is 2.09. The summed E-state index contributed by atoms with van der Waals surface area (Å²) in [5, 5.41) is 13.0. The van der Waals surface area contributed by atoms with Gasteiger partial charge in [0.25, 0.3) is 0 Å². The molecule has 1 heterocycles. The van der Waals surface area contributed by atoms with Crippen molar-refractivity contribution < 1.29 is 9.63 Å². The SMILES string of the molecule is CC(O)Cc1nc(C2(C)CC2)no1. The second kappa shape index (κ2) is 2.80. The molecule has 72 valence electrons. The summed E-state index contributed by atoms with van der Waals surface area (Å²) in [4.78, 5) is 4.25. The van der Waals surface area contributed by atoms with E-state index >= 15 is 0 Å². The summed E-state index contributed by atoms with van der Waals surface area (Å²) in [5.41, 5.74) is 0.153. The van der Waals surface area contributed by atoms with Crippen molar-refractivity contribution in [2.75, 3.05) is 0 Å². The molecule has 1 fully saturated rings. The predicted octanol–water partition coefficient (Wildman–Crippen LogP) is 1.04. The van der Waals surface area contributed by atoms with Crippen molar-refractivity contribution in [2.45, 2.75) is 44.6 Å². The molecule has 0 radical (unpaired) electrons. The molecule has 1 aliphatic rings. The Kier molecular flexibility index (Phi) is 1.87. The van der Waals surface area contributed by atoms with E-state index < -0.39 is 6.10 Å². The minimum atomic E-state index is -0.416. The van der Waals surface area contributed by atoms with Crippen molar-refractivity contribution in [3.8, 4) is 0 Å². The zero-order chi connectivity index (χ0) is 9.47. The van der Waals surface area contributed by atoms with Crippen LogP contribution in [0.5, 0.6) is 0 Å². The van der Waals surface area contributed by atoms with Crippen LogP contribution in [0.4, 0.5) is 0 Å². The summed E-state index contributed by atoms with van der Waals surface area (Å²) in [5.74, 6) is 1.33. The van der Waals surface area contributed by atoms with E-state index in [4.69, 9.17) is 9.63 Å². The lowest BCUT2D eigenvalue weighted by atomic mass is 10.1. The van der Waals surface area contributed by atoms with Gasteiger partial charge in [-0.3, -0.25) is 0 Å². The largest absolute Gasteiger partial charge is 0.393 e. The van der Waals surface area contributed by atoms with Crippen LogP contribution >= 0.6 is 0 Å². The summed E-state index contributed by atoms with van der Waals surface area (Å²) in [6, 6.07) is 0. The Morgan fingerprint density at radius 1 is 1.62 bits per heavy atom. The third kappa shape index (κ3) is 1.72. The van der Waals surface area contributed by atoms with Crippen LogP contribution in [0, 0.1) is 0 Å². The monoisotopic (exact) mass is 182 g/mol. The molecule has 0 bridgehead atoms. The molecule has 4 heteroatoms. The molecule has 4 nitrogen and oxygen atoms in total. The van der Waals surface area contributed by atoms with Gasteiger partial charge in [-0.2, -0.15) is 4.98 Å². The number of hydrogen-bond donors (Lipinski definition) is 1. The van der Waals surface area contributed by atoms with Gasteiger partial charge in [-0.15, -0.1) is 0 Å². The maximum atomic E-state index is 9.11. The Morgan fingerprint density at radius 2 is 2.31 bits per heavy atom. The molecular formula is C9H14N2O2. The van der Waals surface area contributed by atoms with Gasteiger partial charge in [0.15, 0.2) is 5.82 Å². The van der Waals surface area contributed by atoms with E-state index in [2.05, 4.69) is 17.1 Å². The smallest absolute Gasteiger partial charge is 0.229 e. The van der Waals surface area contributed by atoms with E-state index in [1.54, 1.807) is 6.92 Å². The summed E-state index contributed by atoms with van der Waals surface area (Å²) >= 11 is 0.